The molecule has 0 heterocycles. The van der Waals surface area contributed by atoms with E-state index in [1.807, 2.05) is 6.92 Å². The van der Waals surface area contributed by atoms with Gasteiger partial charge in [-0.1, -0.05) is 14.4 Å². The smallest absolute Gasteiger partial charge is 0.0126 e. The molecule has 0 aliphatic carbocycles. The van der Waals surface area contributed by atoms with E-state index in [9.17, 15) is 0 Å². The zero-order chi connectivity index (χ0) is 2.71. The zero-order valence-electron chi connectivity index (χ0n) is 2.15. The molecule has 0 atom stereocenters. The maximum Gasteiger partial charge on any atom is -0.0126 e. The Morgan fingerprint density at radius 3 is 1.75 bits per heavy atom. The Bertz CT molecular complexity index is 3.25. The fourth-order valence-corrected chi connectivity index (χ4v) is 0. The van der Waals surface area contributed by atoms with Crippen LogP contribution >= 0.6 is 12.6 Å². The molecule has 0 N–H and O–H groups in total. The SMILES string of the molecule is C.CCS. The van der Waals surface area contributed by atoms with E-state index in [0.717, 1.165) is 5.75 Å². The van der Waals surface area contributed by atoms with Gasteiger partial charge in [0.25, 0.3) is 0 Å². The van der Waals surface area contributed by atoms with Crippen molar-refractivity contribution in [1.82, 2.24) is 0 Å². The summed E-state index contributed by atoms with van der Waals surface area (Å²) in [7, 11) is 0. The van der Waals surface area contributed by atoms with Gasteiger partial charge in [-0.15, -0.1) is 0 Å². The number of hydrogen-bond acceptors (Lipinski definition) is 1. The van der Waals surface area contributed by atoms with Gasteiger partial charge >= 0.3 is 0 Å². The summed E-state index contributed by atoms with van der Waals surface area (Å²) in [5.41, 5.74) is 0. The van der Waals surface area contributed by atoms with E-state index in [0.29, 0.717) is 0 Å². The first-order valence-electron chi connectivity index (χ1n) is 1.02. The molecule has 0 aromatic heterocycles. The molecule has 4 heavy (non-hydrogen) atoms. The highest BCUT2D eigenvalue weighted by atomic mass is 32.1. The number of rotatable bonds is 0. The maximum absolute atomic E-state index is 3.79. The van der Waals surface area contributed by atoms with Gasteiger partial charge in [-0.2, -0.15) is 12.6 Å². The summed E-state index contributed by atoms with van der Waals surface area (Å²) in [5, 5.41) is 0. The van der Waals surface area contributed by atoms with Crippen molar-refractivity contribution >= 4 is 12.6 Å². The van der Waals surface area contributed by atoms with Gasteiger partial charge in [0, 0.05) is 0 Å². The summed E-state index contributed by atoms with van der Waals surface area (Å²) in [5.74, 6) is 0.944. The normalized spacial score (nSPS) is 4.50. The Labute approximate surface area is 33.6 Å². The van der Waals surface area contributed by atoms with Crippen molar-refractivity contribution in [2.24, 2.45) is 0 Å². The molecule has 0 aliphatic heterocycles. The molecule has 0 unspecified atom stereocenters. The first-order chi connectivity index (χ1) is 1.41. The maximum atomic E-state index is 3.79. The molecular formula is C3H10S. The van der Waals surface area contributed by atoms with Crippen LogP contribution in [0.4, 0.5) is 0 Å². The number of thiol groups is 1. The molecule has 0 bridgehead atoms. The topological polar surface area (TPSA) is 0 Å². The molecule has 0 nitrogen and oxygen atoms in total. The van der Waals surface area contributed by atoms with Gasteiger partial charge in [0.15, 0.2) is 0 Å². The molecule has 0 fully saturated rings. The Kier molecular flexibility index (Phi) is 22.4. The van der Waals surface area contributed by atoms with E-state index in [1.54, 1.807) is 0 Å². The highest BCUT2D eigenvalue weighted by molar-refractivity contribution is 7.80. The van der Waals surface area contributed by atoms with Crippen LogP contribution in [0.3, 0.4) is 0 Å². The Morgan fingerprint density at radius 1 is 1.75 bits per heavy atom. The van der Waals surface area contributed by atoms with Crippen LogP contribution in [0.25, 0.3) is 0 Å². The first-order valence-corrected chi connectivity index (χ1v) is 1.66. The van der Waals surface area contributed by atoms with Crippen LogP contribution < -0.4 is 0 Å². The van der Waals surface area contributed by atoms with Gasteiger partial charge in [0.05, 0.1) is 0 Å². The molecule has 0 saturated heterocycles. The van der Waals surface area contributed by atoms with Crippen LogP contribution in [-0.2, 0) is 0 Å². The highest BCUT2D eigenvalue weighted by Crippen LogP contribution is 1.58. The number of hydrogen-bond donors (Lipinski definition) is 1. The predicted octanol–water partition coefficient (Wildman–Crippen LogP) is 1.57. The minimum atomic E-state index is 0. The lowest BCUT2D eigenvalue weighted by Gasteiger charge is -1.48. The van der Waals surface area contributed by atoms with E-state index in [1.165, 1.54) is 0 Å². The van der Waals surface area contributed by atoms with Crippen LogP contribution in [0.1, 0.15) is 14.4 Å². The molecule has 0 aliphatic rings. The molecule has 0 saturated carbocycles. The quantitative estimate of drug-likeness (QED) is 0.418. The van der Waals surface area contributed by atoms with Crippen molar-refractivity contribution in [3.8, 4) is 0 Å². The van der Waals surface area contributed by atoms with Gasteiger partial charge in [-0.25, -0.2) is 0 Å². The van der Waals surface area contributed by atoms with Crippen molar-refractivity contribution in [3.05, 3.63) is 0 Å². The molecule has 0 spiro atoms. The van der Waals surface area contributed by atoms with Gasteiger partial charge in [0.2, 0.25) is 0 Å². The average molecular weight is 78.2 g/mol. The molecule has 28 valence electrons. The molecule has 0 rings (SSSR count). The van der Waals surface area contributed by atoms with Crippen molar-refractivity contribution < 1.29 is 0 Å². The predicted molar refractivity (Wildman–Crippen MR) is 26.3 cm³/mol. The van der Waals surface area contributed by atoms with Crippen LogP contribution in [-0.4, -0.2) is 5.75 Å². The summed E-state index contributed by atoms with van der Waals surface area (Å²) < 4.78 is 0. The van der Waals surface area contributed by atoms with E-state index in [-0.39, 0.29) is 7.43 Å². The van der Waals surface area contributed by atoms with Crippen molar-refractivity contribution in [3.63, 3.8) is 0 Å². The third kappa shape index (κ3) is 35.0. The highest BCUT2D eigenvalue weighted by Gasteiger charge is 1.35. The van der Waals surface area contributed by atoms with Gasteiger partial charge < -0.3 is 0 Å². The molecule has 0 radical (unpaired) electrons. The molecule has 0 aromatic carbocycles. The summed E-state index contributed by atoms with van der Waals surface area (Å²) in [6, 6.07) is 0. The Morgan fingerprint density at radius 2 is 1.75 bits per heavy atom. The second-order valence-electron chi connectivity index (χ2n) is 0.316. The lowest BCUT2D eigenvalue weighted by atomic mass is 11.0. The Balaban J connectivity index is 0. The van der Waals surface area contributed by atoms with Crippen LogP contribution in [0.15, 0.2) is 0 Å². The van der Waals surface area contributed by atoms with Gasteiger partial charge in [0.1, 0.15) is 0 Å². The third-order valence-corrected chi connectivity index (χ3v) is 0. The second kappa shape index (κ2) is 10.2. The summed E-state index contributed by atoms with van der Waals surface area (Å²) in [6.45, 7) is 1.99. The standard InChI is InChI=1S/C2H6S.CH4/c1-2-3;/h3H,2H2,1H3;1H4. The van der Waals surface area contributed by atoms with E-state index in [2.05, 4.69) is 12.6 Å². The van der Waals surface area contributed by atoms with Crippen LogP contribution in [0, 0.1) is 0 Å². The van der Waals surface area contributed by atoms with Gasteiger partial charge in [-0.3, -0.25) is 0 Å². The van der Waals surface area contributed by atoms with Crippen LogP contribution in [0.2, 0.25) is 0 Å². The van der Waals surface area contributed by atoms with Crippen molar-refractivity contribution in [1.29, 1.82) is 0 Å². The molecule has 1 heteroatoms. The Hall–Kier alpha value is 0.350. The fourth-order valence-electron chi connectivity index (χ4n) is 0. The minimum absolute atomic E-state index is 0. The molecular weight excluding hydrogens is 68.1 g/mol. The monoisotopic (exact) mass is 78.1 g/mol. The average Bonchev–Trinajstić information content (AvgIpc) is 0.918. The summed E-state index contributed by atoms with van der Waals surface area (Å²) in [6.07, 6.45) is 0. The van der Waals surface area contributed by atoms with Gasteiger partial charge in [-0.05, 0) is 5.75 Å². The lowest BCUT2D eigenvalue weighted by Crippen LogP contribution is -1.36. The first kappa shape index (κ1) is 8.84. The molecule has 0 amide bonds. The van der Waals surface area contributed by atoms with Crippen LogP contribution in [0.5, 0.6) is 0 Å². The van der Waals surface area contributed by atoms with E-state index >= 15 is 0 Å². The molecule has 0 aromatic rings. The lowest BCUT2D eigenvalue weighted by molar-refractivity contribution is 1.54. The zero-order valence-corrected chi connectivity index (χ0v) is 3.05. The van der Waals surface area contributed by atoms with E-state index < -0.39 is 0 Å². The van der Waals surface area contributed by atoms with E-state index in [4.69, 9.17) is 0 Å². The summed E-state index contributed by atoms with van der Waals surface area (Å²) >= 11 is 3.79. The summed E-state index contributed by atoms with van der Waals surface area (Å²) in [4.78, 5) is 0. The second-order valence-corrected chi connectivity index (χ2v) is 0.949. The largest absolute Gasteiger partial charge is 0.180 e. The minimum Gasteiger partial charge on any atom is -0.180 e. The van der Waals surface area contributed by atoms with Crippen molar-refractivity contribution in [2.45, 2.75) is 14.4 Å². The van der Waals surface area contributed by atoms with Crippen molar-refractivity contribution in [2.75, 3.05) is 5.75 Å². The fraction of sp³-hybridized carbons (Fsp3) is 1.00. The third-order valence-electron chi connectivity index (χ3n) is 0.